The Kier molecular flexibility index (Phi) is 8.20. The van der Waals surface area contributed by atoms with Gasteiger partial charge < -0.3 is 9.64 Å². The van der Waals surface area contributed by atoms with E-state index in [1.54, 1.807) is 0 Å². The molecule has 0 fully saturated rings. The first kappa shape index (κ1) is 34.8. The summed E-state index contributed by atoms with van der Waals surface area (Å²) in [6.07, 6.45) is 0. The summed E-state index contributed by atoms with van der Waals surface area (Å²) in [6.45, 7) is 4.69. The van der Waals surface area contributed by atoms with E-state index in [1.165, 1.54) is 50.1 Å². The predicted molar refractivity (Wildman–Crippen MR) is 246 cm³/mol. The first-order valence-electron chi connectivity index (χ1n) is 20.4. The third kappa shape index (κ3) is 5.87. The Labute approximate surface area is 346 Å². The van der Waals surface area contributed by atoms with Gasteiger partial charge in [-0.3, -0.25) is 0 Å². The van der Waals surface area contributed by atoms with Gasteiger partial charge in [0.1, 0.15) is 5.75 Å². The molecule has 1 aliphatic heterocycles. The lowest BCUT2D eigenvalue weighted by Crippen LogP contribution is -2.17. The molecule has 9 aromatic rings. The lowest BCUT2D eigenvalue weighted by Gasteiger charge is -2.30. The van der Waals surface area contributed by atoms with Crippen LogP contribution in [0.15, 0.2) is 212 Å². The molecule has 59 heavy (non-hydrogen) atoms. The van der Waals surface area contributed by atoms with Gasteiger partial charge in [0, 0.05) is 27.9 Å². The molecule has 280 valence electrons. The summed E-state index contributed by atoms with van der Waals surface area (Å²) in [5.74, 6) is 1.65. The highest BCUT2D eigenvalue weighted by atomic mass is 16.5. The van der Waals surface area contributed by atoms with Crippen LogP contribution in [0.25, 0.3) is 66.8 Å². The number of ether oxygens (including phenoxy) is 1. The zero-order valence-electron chi connectivity index (χ0n) is 33.1. The van der Waals surface area contributed by atoms with E-state index in [1.807, 2.05) is 0 Å². The maximum atomic E-state index is 7.31. The van der Waals surface area contributed by atoms with Crippen LogP contribution < -0.4 is 9.64 Å². The summed E-state index contributed by atoms with van der Waals surface area (Å²) >= 11 is 0. The molecule has 11 rings (SSSR count). The average Bonchev–Trinajstić information content (AvgIpc) is 3.43. The summed E-state index contributed by atoms with van der Waals surface area (Å²) in [6, 6.07) is 76.7. The van der Waals surface area contributed by atoms with Crippen molar-refractivity contribution in [2.24, 2.45) is 0 Å². The molecule has 0 amide bonds. The molecule has 0 spiro atoms. The summed E-state index contributed by atoms with van der Waals surface area (Å²) in [7, 11) is 0. The van der Waals surface area contributed by atoms with E-state index >= 15 is 0 Å². The smallest absolute Gasteiger partial charge is 0.159 e. The van der Waals surface area contributed by atoms with Crippen LogP contribution in [0.4, 0.5) is 17.1 Å². The first-order chi connectivity index (χ1) is 29.0. The topological polar surface area (TPSA) is 12.5 Å². The standard InChI is InChI=1S/C57H41NO/c1-57(2)52-23-13-12-21-47(52)48-33-31-45(37-53(48)57)58(44-29-25-41(26-30-44)38-15-6-3-7-16-38)54-24-14-22-49-46-32-27-42(39-17-8-4-9-18-39)35-50(46)51-36-43(40-19-10-5-11-20-40)28-34-55(51)59-56(49)54/h3-37H,1-2H3. The Balaban J connectivity index is 1.13. The molecular weight excluding hydrogens is 715 g/mol. The molecule has 1 heterocycles. The molecule has 0 unspecified atom stereocenters. The molecule has 0 aromatic heterocycles. The first-order valence-corrected chi connectivity index (χ1v) is 20.4. The highest BCUT2D eigenvalue weighted by Crippen LogP contribution is 2.55. The lowest BCUT2D eigenvalue weighted by atomic mass is 9.82. The average molecular weight is 756 g/mol. The number of nitrogens with zero attached hydrogens (tertiary/aromatic N) is 1. The van der Waals surface area contributed by atoms with Crippen LogP contribution in [0.2, 0.25) is 0 Å². The maximum Gasteiger partial charge on any atom is 0.159 e. The second-order valence-electron chi connectivity index (χ2n) is 16.1. The number of benzene rings is 9. The highest BCUT2D eigenvalue weighted by molar-refractivity contribution is 5.98. The van der Waals surface area contributed by atoms with E-state index in [9.17, 15) is 0 Å². The number of fused-ring (bicyclic) bond motifs is 8. The van der Waals surface area contributed by atoms with Gasteiger partial charge in [-0.25, -0.2) is 0 Å². The van der Waals surface area contributed by atoms with Crippen LogP contribution >= 0.6 is 0 Å². The Hall–Kier alpha value is -7.42. The van der Waals surface area contributed by atoms with E-state index in [-0.39, 0.29) is 5.41 Å². The normalized spacial score (nSPS) is 12.8. The van der Waals surface area contributed by atoms with Crippen molar-refractivity contribution in [3.63, 3.8) is 0 Å². The minimum atomic E-state index is -0.153. The predicted octanol–water partition coefficient (Wildman–Crippen LogP) is 15.9. The van der Waals surface area contributed by atoms with Crippen molar-refractivity contribution in [3.8, 4) is 78.3 Å². The van der Waals surface area contributed by atoms with Gasteiger partial charge in [0.05, 0.1) is 5.69 Å². The largest absolute Gasteiger partial charge is 0.454 e. The van der Waals surface area contributed by atoms with Gasteiger partial charge in [-0.2, -0.15) is 0 Å². The molecule has 0 radical (unpaired) electrons. The summed E-state index contributed by atoms with van der Waals surface area (Å²) in [5, 5.41) is 0. The molecule has 9 aromatic carbocycles. The van der Waals surface area contributed by atoms with Crippen molar-refractivity contribution in [1.82, 2.24) is 0 Å². The fourth-order valence-electron chi connectivity index (χ4n) is 9.27. The molecule has 0 N–H and O–H groups in total. The molecule has 2 nitrogen and oxygen atoms in total. The highest BCUT2D eigenvalue weighted by Gasteiger charge is 2.36. The quantitative estimate of drug-likeness (QED) is 0.168. The van der Waals surface area contributed by atoms with Crippen LogP contribution in [-0.4, -0.2) is 0 Å². The number of rotatable bonds is 6. The molecule has 2 aliphatic rings. The monoisotopic (exact) mass is 755 g/mol. The van der Waals surface area contributed by atoms with E-state index in [4.69, 9.17) is 4.74 Å². The molecule has 0 saturated carbocycles. The fourth-order valence-corrected chi connectivity index (χ4v) is 9.27. The van der Waals surface area contributed by atoms with Gasteiger partial charge in [0.25, 0.3) is 0 Å². The van der Waals surface area contributed by atoms with Crippen molar-refractivity contribution in [3.05, 3.63) is 223 Å². The molecule has 0 saturated heterocycles. The van der Waals surface area contributed by atoms with Gasteiger partial charge in [-0.05, 0) is 115 Å². The lowest BCUT2D eigenvalue weighted by molar-refractivity contribution is 0.489. The number of hydrogen-bond donors (Lipinski definition) is 0. The second kappa shape index (κ2) is 13.9. The van der Waals surface area contributed by atoms with E-state index in [0.29, 0.717) is 0 Å². The molecule has 2 heteroatoms. The van der Waals surface area contributed by atoms with Gasteiger partial charge in [0.2, 0.25) is 0 Å². The number of hydrogen-bond acceptors (Lipinski definition) is 2. The Bertz CT molecular complexity index is 3020. The number of anilines is 3. The zero-order chi connectivity index (χ0) is 39.5. The van der Waals surface area contributed by atoms with Crippen molar-refractivity contribution < 1.29 is 4.74 Å². The summed E-state index contributed by atoms with van der Waals surface area (Å²) in [5.41, 5.74) is 19.7. The van der Waals surface area contributed by atoms with E-state index in [0.717, 1.165) is 56.4 Å². The van der Waals surface area contributed by atoms with E-state index < -0.39 is 0 Å². The Morgan fingerprint density at radius 2 is 0.847 bits per heavy atom. The molecule has 1 aliphatic carbocycles. The Morgan fingerprint density at radius 1 is 0.339 bits per heavy atom. The van der Waals surface area contributed by atoms with Crippen LogP contribution in [0, 0.1) is 0 Å². The molecule has 0 bridgehead atoms. The van der Waals surface area contributed by atoms with Crippen molar-refractivity contribution >= 4 is 17.1 Å². The van der Waals surface area contributed by atoms with Crippen LogP contribution in [0.3, 0.4) is 0 Å². The van der Waals surface area contributed by atoms with E-state index in [2.05, 4.69) is 231 Å². The SMILES string of the molecule is CC1(C)c2ccccc2-c2ccc(N(c3ccc(-c4ccccc4)cc3)c3cccc4c3Oc3ccc(-c5ccccc5)cc3-c3cc(-c5ccccc5)ccc3-4)cc21. The fraction of sp³-hybridized carbons (Fsp3) is 0.0526. The number of para-hydroxylation sites is 1. The minimum Gasteiger partial charge on any atom is -0.454 e. The Morgan fingerprint density at radius 3 is 1.54 bits per heavy atom. The summed E-state index contributed by atoms with van der Waals surface area (Å²) < 4.78 is 7.31. The van der Waals surface area contributed by atoms with Crippen molar-refractivity contribution in [1.29, 1.82) is 0 Å². The van der Waals surface area contributed by atoms with Crippen LogP contribution in [0.5, 0.6) is 11.5 Å². The third-order valence-electron chi connectivity index (χ3n) is 12.3. The maximum absolute atomic E-state index is 7.31. The summed E-state index contributed by atoms with van der Waals surface area (Å²) in [4.78, 5) is 2.38. The van der Waals surface area contributed by atoms with Gasteiger partial charge >= 0.3 is 0 Å². The molecular formula is C57H41NO. The second-order valence-corrected chi connectivity index (χ2v) is 16.1. The minimum absolute atomic E-state index is 0.153. The van der Waals surface area contributed by atoms with Crippen molar-refractivity contribution in [2.45, 2.75) is 19.3 Å². The van der Waals surface area contributed by atoms with Crippen molar-refractivity contribution in [2.75, 3.05) is 4.90 Å². The van der Waals surface area contributed by atoms with Gasteiger partial charge in [-0.1, -0.05) is 178 Å². The van der Waals surface area contributed by atoms with Crippen LogP contribution in [-0.2, 0) is 5.41 Å². The zero-order valence-corrected chi connectivity index (χ0v) is 33.1. The van der Waals surface area contributed by atoms with Crippen LogP contribution in [0.1, 0.15) is 25.0 Å². The van der Waals surface area contributed by atoms with Gasteiger partial charge in [-0.15, -0.1) is 0 Å². The molecule has 0 atom stereocenters. The third-order valence-corrected chi connectivity index (χ3v) is 12.3. The van der Waals surface area contributed by atoms with Gasteiger partial charge in [0.15, 0.2) is 5.75 Å².